The van der Waals surface area contributed by atoms with Gasteiger partial charge in [-0.1, -0.05) is 65.2 Å². The molecule has 1 aliphatic rings. The Morgan fingerprint density at radius 2 is 1.47 bits per heavy atom. The zero-order valence-electron chi connectivity index (χ0n) is 19.3. The van der Waals surface area contributed by atoms with E-state index in [0.29, 0.717) is 0 Å². The molecule has 1 aliphatic carbocycles. The Morgan fingerprint density at radius 3 is 2.00 bits per heavy atom. The monoisotopic (exact) mass is 545 g/mol. The number of fused-ring (bicyclic) bond motifs is 1. The van der Waals surface area contributed by atoms with Gasteiger partial charge in [0.15, 0.2) is 5.28 Å². The van der Waals surface area contributed by atoms with Crippen LogP contribution in [0.25, 0.3) is 0 Å². The van der Waals surface area contributed by atoms with Gasteiger partial charge in [-0.05, 0) is 46.8 Å². The lowest BCUT2D eigenvalue weighted by atomic mass is 9.91. The number of Topliss-reactive ketones (excluding diaryl/α,β-unsaturated/α-hetero) is 1. The highest BCUT2D eigenvalue weighted by Crippen LogP contribution is 2.70. The molecule has 0 radical (unpaired) electrons. The number of aryl methyl sites for hydroxylation is 1. The first-order chi connectivity index (χ1) is 15.7. The van der Waals surface area contributed by atoms with Crippen LogP contribution < -0.4 is 4.72 Å². The van der Waals surface area contributed by atoms with Gasteiger partial charge in [-0.25, -0.2) is 8.42 Å². The number of hydrogen-bond acceptors (Lipinski definition) is 6. The first-order valence-corrected chi connectivity index (χ1v) is 14.3. The molecular formula is C23H26Cl2NO6PS. The first kappa shape index (κ1) is 27.1. The van der Waals surface area contributed by atoms with Gasteiger partial charge >= 0.3 is 7.60 Å². The van der Waals surface area contributed by atoms with Crippen molar-refractivity contribution >= 4 is 46.6 Å². The van der Waals surface area contributed by atoms with Crippen molar-refractivity contribution < 1.29 is 26.8 Å². The highest BCUT2D eigenvalue weighted by atomic mass is 35.5. The van der Waals surface area contributed by atoms with E-state index in [2.05, 4.69) is 4.72 Å². The van der Waals surface area contributed by atoms with E-state index in [1.165, 1.54) is 24.3 Å². The maximum atomic E-state index is 14.6. The molecule has 0 aliphatic heterocycles. The van der Waals surface area contributed by atoms with Crippen molar-refractivity contribution in [2.75, 3.05) is 0 Å². The van der Waals surface area contributed by atoms with Crippen molar-refractivity contribution in [3.8, 4) is 0 Å². The summed E-state index contributed by atoms with van der Waals surface area (Å²) in [6.07, 6.45) is -1.31. The van der Waals surface area contributed by atoms with Crippen LogP contribution in [0.1, 0.15) is 49.2 Å². The van der Waals surface area contributed by atoms with Gasteiger partial charge in [0.1, 0.15) is 5.03 Å². The van der Waals surface area contributed by atoms with E-state index in [1.807, 2.05) is 6.92 Å². The van der Waals surface area contributed by atoms with Crippen LogP contribution in [0, 0.1) is 6.92 Å². The summed E-state index contributed by atoms with van der Waals surface area (Å²) in [6, 6.07) is 12.1. The number of sulfonamides is 1. The largest absolute Gasteiger partial charge is 0.362 e. The predicted octanol–water partition coefficient (Wildman–Crippen LogP) is 6.05. The first-order valence-electron chi connectivity index (χ1n) is 10.5. The number of carbonyl (C=O) groups excluding carboxylic acids is 1. The van der Waals surface area contributed by atoms with E-state index >= 15 is 0 Å². The summed E-state index contributed by atoms with van der Waals surface area (Å²) < 4.78 is 56.0. The molecule has 34 heavy (non-hydrogen) atoms. The van der Waals surface area contributed by atoms with Gasteiger partial charge in [0.05, 0.1) is 22.1 Å². The molecule has 1 N–H and O–H groups in total. The van der Waals surface area contributed by atoms with Gasteiger partial charge in [-0.2, -0.15) is 4.72 Å². The SMILES string of the molecule is Cc1ccc(S(=O)(=O)NC2(P(=O)(OC(C)C)OC(C)C)C(Cl)=C(Cl)C(=O)c3ccccc32)cc1. The average Bonchev–Trinajstić information content (AvgIpc) is 2.74. The van der Waals surface area contributed by atoms with Gasteiger partial charge in [0.25, 0.3) is 0 Å². The van der Waals surface area contributed by atoms with Gasteiger partial charge in [-0.3, -0.25) is 9.36 Å². The van der Waals surface area contributed by atoms with Crippen molar-refractivity contribution in [2.45, 2.75) is 57.0 Å². The van der Waals surface area contributed by atoms with Gasteiger partial charge < -0.3 is 9.05 Å². The molecular weight excluding hydrogens is 520 g/mol. The third kappa shape index (κ3) is 4.78. The van der Waals surface area contributed by atoms with Crippen molar-refractivity contribution in [2.24, 2.45) is 0 Å². The fourth-order valence-electron chi connectivity index (χ4n) is 3.62. The second kappa shape index (κ2) is 9.86. The highest BCUT2D eigenvalue weighted by molar-refractivity contribution is 7.90. The van der Waals surface area contributed by atoms with Gasteiger partial charge in [0, 0.05) is 11.1 Å². The Morgan fingerprint density at radius 1 is 0.941 bits per heavy atom. The predicted molar refractivity (Wildman–Crippen MR) is 133 cm³/mol. The number of allylic oxidation sites excluding steroid dienone is 1. The Kier molecular flexibility index (Phi) is 7.85. The minimum atomic E-state index is -4.53. The van der Waals surface area contributed by atoms with Crippen LogP contribution in [0.2, 0.25) is 0 Å². The molecule has 2 aromatic carbocycles. The second-order valence-corrected chi connectivity index (χ2v) is 13.0. The molecule has 1 unspecified atom stereocenters. The van der Waals surface area contributed by atoms with E-state index in [4.69, 9.17) is 32.2 Å². The molecule has 7 nitrogen and oxygen atoms in total. The van der Waals surface area contributed by atoms with Crippen molar-refractivity contribution in [3.05, 3.63) is 75.3 Å². The van der Waals surface area contributed by atoms with E-state index in [-0.39, 0.29) is 16.0 Å². The Bertz CT molecular complexity index is 1280. The highest BCUT2D eigenvalue weighted by Gasteiger charge is 2.62. The quantitative estimate of drug-likeness (QED) is 0.405. The number of rotatable bonds is 8. The molecule has 0 bridgehead atoms. The standard InChI is InChI=1S/C23H26Cl2NO6PS/c1-14(2)31-33(28,32-15(3)4)23(26-34(29,30)17-12-10-16(5)11-13-17)19-9-7-6-8-18(19)21(27)20(24)22(23)25/h6-15,26H,1-5H3. The van der Waals surface area contributed by atoms with Crippen LogP contribution in [-0.2, 0) is 28.9 Å². The molecule has 0 fully saturated rings. The maximum Gasteiger partial charge on any atom is 0.362 e. The van der Waals surface area contributed by atoms with Crippen LogP contribution >= 0.6 is 30.8 Å². The lowest BCUT2D eigenvalue weighted by Crippen LogP contribution is -2.50. The van der Waals surface area contributed by atoms with Crippen LogP contribution in [0.5, 0.6) is 0 Å². The maximum absolute atomic E-state index is 14.6. The Hall–Kier alpha value is -1.51. The summed E-state index contributed by atoms with van der Waals surface area (Å²) in [5.41, 5.74) is 0.901. The van der Waals surface area contributed by atoms with E-state index in [9.17, 15) is 17.8 Å². The molecule has 0 spiro atoms. The minimum Gasteiger partial charge on any atom is -0.304 e. The Balaban J connectivity index is 2.42. The summed E-state index contributed by atoms with van der Waals surface area (Å²) in [4.78, 5) is 12.8. The molecule has 0 saturated carbocycles. The molecule has 2 aromatic rings. The second-order valence-electron chi connectivity index (χ2n) is 8.44. The van der Waals surface area contributed by atoms with Crippen LogP contribution in [0.15, 0.2) is 63.5 Å². The molecule has 0 heterocycles. The summed E-state index contributed by atoms with van der Waals surface area (Å²) in [6.45, 7) is 8.30. The van der Waals surface area contributed by atoms with Gasteiger partial charge in [0.2, 0.25) is 15.8 Å². The molecule has 0 aromatic heterocycles. The Labute approximate surface area is 210 Å². The normalized spacial score (nSPS) is 19.1. The molecule has 0 saturated heterocycles. The number of carbonyl (C=O) groups is 1. The fourth-order valence-corrected chi connectivity index (χ4v) is 8.87. The zero-order chi connectivity index (χ0) is 25.5. The average molecular weight is 546 g/mol. The van der Waals surface area contributed by atoms with E-state index in [0.717, 1.165) is 5.56 Å². The number of ketones is 1. The minimum absolute atomic E-state index is 0.0229. The summed E-state index contributed by atoms with van der Waals surface area (Å²) in [5, 5.41) is -3.28. The summed E-state index contributed by atoms with van der Waals surface area (Å²) in [7, 11) is -8.91. The summed E-state index contributed by atoms with van der Waals surface area (Å²) in [5.74, 6) is -0.631. The van der Waals surface area contributed by atoms with E-state index in [1.54, 1.807) is 52.0 Å². The third-order valence-electron chi connectivity index (χ3n) is 4.99. The van der Waals surface area contributed by atoms with Crippen molar-refractivity contribution in [1.29, 1.82) is 0 Å². The molecule has 184 valence electrons. The number of nitrogens with one attached hydrogen (secondary N) is 1. The number of halogens is 2. The smallest absolute Gasteiger partial charge is 0.304 e. The van der Waals surface area contributed by atoms with Crippen LogP contribution in [-0.4, -0.2) is 26.4 Å². The topological polar surface area (TPSA) is 98.8 Å². The van der Waals surface area contributed by atoms with Crippen LogP contribution in [0.4, 0.5) is 0 Å². The molecule has 11 heteroatoms. The third-order valence-corrected chi connectivity index (χ3v) is 10.5. The van der Waals surface area contributed by atoms with E-state index < -0.39 is 51.0 Å². The van der Waals surface area contributed by atoms with Gasteiger partial charge in [-0.15, -0.1) is 0 Å². The molecule has 0 amide bonds. The summed E-state index contributed by atoms with van der Waals surface area (Å²) >= 11 is 13.0. The number of hydrogen-bond donors (Lipinski definition) is 1. The van der Waals surface area contributed by atoms with Crippen molar-refractivity contribution in [1.82, 2.24) is 4.72 Å². The lowest BCUT2D eigenvalue weighted by Gasteiger charge is -2.43. The fraction of sp³-hybridized carbons (Fsp3) is 0.348. The van der Waals surface area contributed by atoms with Crippen molar-refractivity contribution in [3.63, 3.8) is 0 Å². The van der Waals surface area contributed by atoms with Crippen LogP contribution in [0.3, 0.4) is 0 Å². The molecule has 1 atom stereocenters. The number of benzene rings is 2. The zero-order valence-corrected chi connectivity index (χ0v) is 22.6. The molecule has 3 rings (SSSR count). The lowest BCUT2D eigenvalue weighted by molar-refractivity contribution is 0.103.